The quantitative estimate of drug-likeness (QED) is 0.873. The van der Waals surface area contributed by atoms with Crippen molar-refractivity contribution in [2.45, 2.75) is 31.9 Å². The van der Waals surface area contributed by atoms with Gasteiger partial charge in [0.2, 0.25) is 0 Å². The third-order valence-corrected chi connectivity index (χ3v) is 3.37. The summed E-state index contributed by atoms with van der Waals surface area (Å²) < 4.78 is 5.49. The summed E-state index contributed by atoms with van der Waals surface area (Å²) in [5, 5.41) is 0. The molecule has 0 aliphatic carbocycles. The van der Waals surface area contributed by atoms with Crippen LogP contribution in [0.15, 0.2) is 30.3 Å². The SMILES string of the molecule is Cl.NCCCN(Cc1ccccc1)C(=O)C1CCCO1. The maximum Gasteiger partial charge on any atom is 0.251 e. The number of hydrogen-bond donors (Lipinski definition) is 1. The molecule has 1 aliphatic rings. The van der Waals surface area contributed by atoms with Gasteiger partial charge in [-0.15, -0.1) is 12.4 Å². The van der Waals surface area contributed by atoms with Crippen LogP contribution in [0.5, 0.6) is 0 Å². The van der Waals surface area contributed by atoms with Crippen LogP contribution in [-0.4, -0.2) is 36.6 Å². The molecular weight excluding hydrogens is 276 g/mol. The summed E-state index contributed by atoms with van der Waals surface area (Å²) in [7, 11) is 0. The Morgan fingerprint density at radius 3 is 2.70 bits per heavy atom. The first kappa shape index (κ1) is 17.0. The van der Waals surface area contributed by atoms with Crippen LogP contribution in [-0.2, 0) is 16.1 Å². The molecule has 20 heavy (non-hydrogen) atoms. The number of ether oxygens (including phenoxy) is 1. The molecule has 2 N–H and O–H groups in total. The van der Waals surface area contributed by atoms with Crippen LogP contribution in [0, 0.1) is 0 Å². The topological polar surface area (TPSA) is 55.6 Å². The highest BCUT2D eigenvalue weighted by atomic mass is 35.5. The Labute approximate surface area is 126 Å². The van der Waals surface area contributed by atoms with Crippen molar-refractivity contribution in [1.82, 2.24) is 4.90 Å². The summed E-state index contributed by atoms with van der Waals surface area (Å²) in [6.45, 7) is 2.64. The first-order chi connectivity index (χ1) is 9.31. The van der Waals surface area contributed by atoms with Crippen LogP contribution >= 0.6 is 12.4 Å². The molecule has 0 radical (unpaired) electrons. The molecule has 0 spiro atoms. The summed E-state index contributed by atoms with van der Waals surface area (Å²) in [5.74, 6) is 0.106. The third-order valence-electron chi connectivity index (χ3n) is 3.37. The second-order valence-corrected chi connectivity index (χ2v) is 4.89. The van der Waals surface area contributed by atoms with Crippen molar-refractivity contribution in [2.75, 3.05) is 19.7 Å². The molecule has 1 unspecified atom stereocenters. The molecule has 1 aliphatic heterocycles. The van der Waals surface area contributed by atoms with Gasteiger partial charge in [-0.05, 0) is 31.4 Å². The van der Waals surface area contributed by atoms with E-state index >= 15 is 0 Å². The molecule has 4 nitrogen and oxygen atoms in total. The van der Waals surface area contributed by atoms with Crippen molar-refractivity contribution in [3.8, 4) is 0 Å². The van der Waals surface area contributed by atoms with Gasteiger partial charge in [-0.3, -0.25) is 4.79 Å². The van der Waals surface area contributed by atoms with E-state index in [-0.39, 0.29) is 24.4 Å². The minimum atomic E-state index is -0.249. The van der Waals surface area contributed by atoms with Crippen LogP contribution in [0.2, 0.25) is 0 Å². The van der Waals surface area contributed by atoms with E-state index in [1.165, 1.54) is 0 Å². The van der Waals surface area contributed by atoms with Gasteiger partial charge in [-0.25, -0.2) is 0 Å². The second-order valence-electron chi connectivity index (χ2n) is 4.89. The summed E-state index contributed by atoms with van der Waals surface area (Å²) in [6.07, 6.45) is 2.39. The lowest BCUT2D eigenvalue weighted by Gasteiger charge is -2.25. The summed E-state index contributed by atoms with van der Waals surface area (Å²) in [4.78, 5) is 14.3. The molecule has 1 heterocycles. The average Bonchev–Trinajstić information content (AvgIpc) is 2.98. The molecule has 0 aromatic heterocycles. The Bertz CT molecular complexity index is 394. The van der Waals surface area contributed by atoms with Crippen LogP contribution in [0.4, 0.5) is 0 Å². The highest BCUT2D eigenvalue weighted by Crippen LogP contribution is 2.16. The zero-order valence-corrected chi connectivity index (χ0v) is 12.5. The van der Waals surface area contributed by atoms with E-state index in [4.69, 9.17) is 10.5 Å². The Balaban J connectivity index is 0.00000200. The number of nitrogens with zero attached hydrogens (tertiary/aromatic N) is 1. The fraction of sp³-hybridized carbons (Fsp3) is 0.533. The Hall–Kier alpha value is -1.10. The molecule has 1 fully saturated rings. The highest BCUT2D eigenvalue weighted by molar-refractivity contribution is 5.85. The van der Waals surface area contributed by atoms with Gasteiger partial charge in [0.25, 0.3) is 5.91 Å². The third kappa shape index (κ3) is 4.78. The van der Waals surface area contributed by atoms with E-state index in [0.717, 1.165) is 24.8 Å². The van der Waals surface area contributed by atoms with Gasteiger partial charge in [0.05, 0.1) is 0 Å². The lowest BCUT2D eigenvalue weighted by Crippen LogP contribution is -2.39. The zero-order valence-electron chi connectivity index (χ0n) is 11.7. The molecule has 1 atom stereocenters. The molecule has 1 aromatic rings. The monoisotopic (exact) mass is 298 g/mol. The number of rotatable bonds is 6. The van der Waals surface area contributed by atoms with E-state index in [9.17, 15) is 4.79 Å². The van der Waals surface area contributed by atoms with Crippen LogP contribution in [0.25, 0.3) is 0 Å². The number of hydrogen-bond acceptors (Lipinski definition) is 3. The minimum Gasteiger partial charge on any atom is -0.368 e. The van der Waals surface area contributed by atoms with Crippen LogP contribution < -0.4 is 5.73 Å². The number of halogens is 1. The Morgan fingerprint density at radius 2 is 2.10 bits per heavy atom. The number of amides is 1. The largest absolute Gasteiger partial charge is 0.368 e. The second kappa shape index (κ2) is 8.95. The first-order valence-electron chi connectivity index (χ1n) is 6.95. The predicted octanol–water partition coefficient (Wildman–Crippen LogP) is 1.96. The van der Waals surface area contributed by atoms with Gasteiger partial charge in [0.1, 0.15) is 6.10 Å². The normalized spacial score (nSPS) is 17.6. The predicted molar refractivity (Wildman–Crippen MR) is 81.8 cm³/mol. The van der Waals surface area contributed by atoms with Gasteiger partial charge >= 0.3 is 0 Å². The summed E-state index contributed by atoms with van der Waals surface area (Å²) in [6, 6.07) is 10.0. The Kier molecular flexibility index (Phi) is 7.59. The zero-order chi connectivity index (χ0) is 13.5. The van der Waals surface area contributed by atoms with Crippen molar-refractivity contribution in [3.63, 3.8) is 0 Å². The van der Waals surface area contributed by atoms with E-state index in [1.807, 2.05) is 35.2 Å². The van der Waals surface area contributed by atoms with Crippen molar-refractivity contribution in [1.29, 1.82) is 0 Å². The minimum absolute atomic E-state index is 0. The molecule has 2 rings (SSSR count). The lowest BCUT2D eigenvalue weighted by atomic mass is 10.1. The van der Waals surface area contributed by atoms with Crippen molar-refractivity contribution >= 4 is 18.3 Å². The van der Waals surface area contributed by atoms with E-state index < -0.39 is 0 Å². The molecule has 1 saturated heterocycles. The fourth-order valence-corrected chi connectivity index (χ4v) is 2.33. The number of benzene rings is 1. The van der Waals surface area contributed by atoms with Crippen LogP contribution in [0.3, 0.4) is 0 Å². The maximum atomic E-state index is 12.4. The molecule has 112 valence electrons. The number of nitrogens with two attached hydrogens (primary N) is 1. The van der Waals surface area contributed by atoms with Gasteiger partial charge in [0.15, 0.2) is 0 Å². The first-order valence-corrected chi connectivity index (χ1v) is 6.95. The molecule has 1 aromatic carbocycles. The average molecular weight is 299 g/mol. The van der Waals surface area contributed by atoms with E-state index in [0.29, 0.717) is 26.2 Å². The van der Waals surface area contributed by atoms with E-state index in [2.05, 4.69) is 0 Å². The number of carbonyl (C=O) groups excluding carboxylic acids is 1. The smallest absolute Gasteiger partial charge is 0.251 e. The van der Waals surface area contributed by atoms with Crippen molar-refractivity contribution in [3.05, 3.63) is 35.9 Å². The van der Waals surface area contributed by atoms with Crippen LogP contribution in [0.1, 0.15) is 24.8 Å². The van der Waals surface area contributed by atoms with Gasteiger partial charge in [-0.1, -0.05) is 30.3 Å². The standard InChI is InChI=1S/C15H22N2O2.ClH/c16-9-5-10-17(12-13-6-2-1-3-7-13)15(18)14-8-4-11-19-14;/h1-3,6-7,14H,4-5,8-12,16H2;1H. The highest BCUT2D eigenvalue weighted by Gasteiger charge is 2.27. The summed E-state index contributed by atoms with van der Waals surface area (Å²) >= 11 is 0. The van der Waals surface area contributed by atoms with E-state index in [1.54, 1.807) is 0 Å². The van der Waals surface area contributed by atoms with Gasteiger partial charge in [-0.2, -0.15) is 0 Å². The molecule has 0 saturated carbocycles. The Morgan fingerprint density at radius 1 is 1.35 bits per heavy atom. The van der Waals surface area contributed by atoms with Gasteiger partial charge < -0.3 is 15.4 Å². The molecular formula is C15H23ClN2O2. The molecule has 1 amide bonds. The van der Waals surface area contributed by atoms with Crippen molar-refractivity contribution < 1.29 is 9.53 Å². The van der Waals surface area contributed by atoms with Crippen molar-refractivity contribution in [2.24, 2.45) is 5.73 Å². The lowest BCUT2D eigenvalue weighted by molar-refractivity contribution is -0.141. The number of carbonyl (C=O) groups is 1. The molecule has 5 heteroatoms. The maximum absolute atomic E-state index is 12.4. The fourth-order valence-electron chi connectivity index (χ4n) is 2.33. The molecule has 0 bridgehead atoms. The summed E-state index contributed by atoms with van der Waals surface area (Å²) in [5.41, 5.74) is 6.70. The van der Waals surface area contributed by atoms with Gasteiger partial charge in [0, 0.05) is 19.7 Å².